The van der Waals surface area contributed by atoms with Crippen LogP contribution in [0.5, 0.6) is 0 Å². The lowest BCUT2D eigenvalue weighted by Gasteiger charge is -2.05. The molecule has 1 aromatic heterocycles. The second-order valence-corrected chi connectivity index (χ2v) is 3.79. The molecule has 1 nitrogen and oxygen atoms in total. The quantitative estimate of drug-likeness (QED) is 0.738. The van der Waals surface area contributed by atoms with Gasteiger partial charge in [-0.2, -0.15) is 0 Å². The smallest absolute Gasteiger partial charge is 0.0585 e. The fourth-order valence-corrected chi connectivity index (χ4v) is 1.95. The number of hydrogen-bond acceptors (Lipinski definition) is 2. The van der Waals surface area contributed by atoms with Crippen molar-refractivity contribution in [3.05, 3.63) is 21.9 Å². The molecule has 0 saturated carbocycles. The minimum absolute atomic E-state index is 0.160. The molecule has 0 amide bonds. The lowest BCUT2D eigenvalue weighted by Crippen LogP contribution is -2.07. The number of aliphatic hydroxyl groups excluding tert-OH is 1. The Labute approximate surface area is 71.7 Å². The molecule has 0 aromatic carbocycles. The Hall–Kier alpha value is -0.340. The van der Waals surface area contributed by atoms with Crippen LogP contribution < -0.4 is 0 Å². The van der Waals surface area contributed by atoms with Crippen LogP contribution in [0.1, 0.15) is 23.8 Å². The molecular weight excluding hydrogens is 156 g/mol. The molecule has 0 aliphatic heterocycles. The molecule has 1 heterocycles. The molecule has 1 aromatic rings. The van der Waals surface area contributed by atoms with Crippen LogP contribution in [0.15, 0.2) is 11.4 Å². The minimum Gasteiger partial charge on any atom is -0.393 e. The maximum atomic E-state index is 9.36. The first-order valence-corrected chi connectivity index (χ1v) is 4.83. The van der Waals surface area contributed by atoms with Crippen LogP contribution in [0.4, 0.5) is 0 Å². The molecule has 11 heavy (non-hydrogen) atoms. The van der Waals surface area contributed by atoms with Gasteiger partial charge in [0.1, 0.15) is 0 Å². The maximum absolute atomic E-state index is 9.36. The molecule has 0 radical (unpaired) electrons. The lowest BCUT2D eigenvalue weighted by molar-refractivity contribution is 0.171. The summed E-state index contributed by atoms with van der Waals surface area (Å²) in [6.07, 6.45) is 1.50. The molecule has 0 aliphatic rings. The molecule has 0 bridgehead atoms. The van der Waals surface area contributed by atoms with Crippen molar-refractivity contribution in [2.24, 2.45) is 0 Å². The highest BCUT2D eigenvalue weighted by molar-refractivity contribution is 7.10. The summed E-state index contributed by atoms with van der Waals surface area (Å²) in [5.74, 6) is 0. The zero-order valence-corrected chi connectivity index (χ0v) is 7.82. The molecule has 1 atom stereocenters. The average molecular weight is 170 g/mol. The van der Waals surface area contributed by atoms with E-state index in [4.69, 9.17) is 0 Å². The SMILES string of the molecule is CC[C@H](O)Cc1sccc1C. The van der Waals surface area contributed by atoms with Crippen molar-refractivity contribution in [3.8, 4) is 0 Å². The third-order valence-electron chi connectivity index (χ3n) is 1.86. The summed E-state index contributed by atoms with van der Waals surface area (Å²) in [6.45, 7) is 4.10. The van der Waals surface area contributed by atoms with Crippen molar-refractivity contribution in [3.63, 3.8) is 0 Å². The monoisotopic (exact) mass is 170 g/mol. The Morgan fingerprint density at radius 1 is 1.64 bits per heavy atom. The molecular formula is C9H14OS. The zero-order chi connectivity index (χ0) is 8.27. The highest BCUT2D eigenvalue weighted by Gasteiger charge is 2.05. The fourth-order valence-electron chi connectivity index (χ4n) is 0.972. The van der Waals surface area contributed by atoms with E-state index in [0.29, 0.717) is 0 Å². The van der Waals surface area contributed by atoms with Crippen LogP contribution in [0.25, 0.3) is 0 Å². The molecule has 1 rings (SSSR count). The maximum Gasteiger partial charge on any atom is 0.0585 e. The Bertz CT molecular complexity index is 217. The van der Waals surface area contributed by atoms with Gasteiger partial charge in [0.2, 0.25) is 0 Å². The van der Waals surface area contributed by atoms with Crippen LogP contribution in [0.2, 0.25) is 0 Å². The predicted octanol–water partition coefficient (Wildman–Crippen LogP) is 2.37. The third-order valence-corrected chi connectivity index (χ3v) is 2.91. The van der Waals surface area contributed by atoms with Crippen LogP contribution >= 0.6 is 11.3 Å². The first-order valence-electron chi connectivity index (χ1n) is 3.95. The zero-order valence-electron chi connectivity index (χ0n) is 7.00. The van der Waals surface area contributed by atoms with Gasteiger partial charge in [0.25, 0.3) is 0 Å². The Balaban J connectivity index is 2.56. The largest absolute Gasteiger partial charge is 0.393 e. The van der Waals surface area contributed by atoms with E-state index in [1.54, 1.807) is 11.3 Å². The number of aryl methyl sites for hydroxylation is 1. The van der Waals surface area contributed by atoms with Gasteiger partial charge in [-0.1, -0.05) is 6.92 Å². The Morgan fingerprint density at radius 3 is 2.82 bits per heavy atom. The standard InChI is InChI=1S/C9H14OS/c1-3-8(10)6-9-7(2)4-5-11-9/h4-5,8,10H,3,6H2,1-2H3/t8-/m0/s1. The van der Waals surface area contributed by atoms with Crippen molar-refractivity contribution in [2.45, 2.75) is 32.8 Å². The number of rotatable bonds is 3. The van der Waals surface area contributed by atoms with E-state index < -0.39 is 0 Å². The van der Waals surface area contributed by atoms with E-state index in [0.717, 1.165) is 12.8 Å². The Kier molecular flexibility index (Phi) is 3.09. The summed E-state index contributed by atoms with van der Waals surface area (Å²) in [7, 11) is 0. The van der Waals surface area contributed by atoms with Crippen molar-refractivity contribution in [1.82, 2.24) is 0 Å². The van der Waals surface area contributed by atoms with Gasteiger partial charge in [-0.05, 0) is 30.4 Å². The van der Waals surface area contributed by atoms with Crippen LogP contribution in [0, 0.1) is 6.92 Å². The van der Waals surface area contributed by atoms with Crippen LogP contribution in [-0.4, -0.2) is 11.2 Å². The number of hydrogen-bond donors (Lipinski definition) is 1. The summed E-state index contributed by atoms with van der Waals surface area (Å²) in [6, 6.07) is 2.10. The highest BCUT2D eigenvalue weighted by atomic mass is 32.1. The normalized spacial score (nSPS) is 13.4. The van der Waals surface area contributed by atoms with E-state index >= 15 is 0 Å². The molecule has 0 unspecified atom stereocenters. The lowest BCUT2D eigenvalue weighted by atomic mass is 10.1. The van der Waals surface area contributed by atoms with Crippen molar-refractivity contribution in [1.29, 1.82) is 0 Å². The van der Waals surface area contributed by atoms with E-state index in [9.17, 15) is 5.11 Å². The summed E-state index contributed by atoms with van der Waals surface area (Å²) in [4.78, 5) is 1.32. The van der Waals surface area contributed by atoms with Gasteiger partial charge in [0.15, 0.2) is 0 Å². The van der Waals surface area contributed by atoms with E-state index in [2.05, 4.69) is 18.4 Å². The first kappa shape index (κ1) is 8.75. The minimum atomic E-state index is -0.160. The van der Waals surface area contributed by atoms with Gasteiger partial charge in [-0.15, -0.1) is 11.3 Å². The number of thiophene rings is 1. The molecule has 0 spiro atoms. The third kappa shape index (κ3) is 2.31. The van der Waals surface area contributed by atoms with Crippen LogP contribution in [0.3, 0.4) is 0 Å². The summed E-state index contributed by atoms with van der Waals surface area (Å²) >= 11 is 1.73. The van der Waals surface area contributed by atoms with Gasteiger partial charge in [0.05, 0.1) is 6.10 Å². The fraction of sp³-hybridized carbons (Fsp3) is 0.556. The topological polar surface area (TPSA) is 20.2 Å². The van der Waals surface area contributed by atoms with E-state index in [-0.39, 0.29) is 6.10 Å². The molecule has 0 aliphatic carbocycles. The highest BCUT2D eigenvalue weighted by Crippen LogP contribution is 2.17. The van der Waals surface area contributed by atoms with Gasteiger partial charge in [-0.25, -0.2) is 0 Å². The van der Waals surface area contributed by atoms with E-state index in [1.165, 1.54) is 10.4 Å². The number of aliphatic hydroxyl groups is 1. The van der Waals surface area contributed by atoms with E-state index in [1.807, 2.05) is 6.92 Å². The molecule has 62 valence electrons. The molecule has 0 saturated heterocycles. The first-order chi connectivity index (χ1) is 5.24. The van der Waals surface area contributed by atoms with Crippen molar-refractivity contribution >= 4 is 11.3 Å². The molecule has 1 N–H and O–H groups in total. The molecule has 0 fully saturated rings. The van der Waals surface area contributed by atoms with Gasteiger partial charge in [0, 0.05) is 11.3 Å². The average Bonchev–Trinajstić information content (AvgIpc) is 2.37. The summed E-state index contributed by atoms with van der Waals surface area (Å²) in [5.41, 5.74) is 1.31. The summed E-state index contributed by atoms with van der Waals surface area (Å²) < 4.78 is 0. The van der Waals surface area contributed by atoms with Crippen molar-refractivity contribution in [2.75, 3.05) is 0 Å². The van der Waals surface area contributed by atoms with Gasteiger partial charge in [-0.3, -0.25) is 0 Å². The van der Waals surface area contributed by atoms with Crippen molar-refractivity contribution < 1.29 is 5.11 Å². The van der Waals surface area contributed by atoms with Gasteiger partial charge < -0.3 is 5.11 Å². The predicted molar refractivity (Wildman–Crippen MR) is 49.1 cm³/mol. The van der Waals surface area contributed by atoms with Crippen LogP contribution in [-0.2, 0) is 6.42 Å². The van der Waals surface area contributed by atoms with Gasteiger partial charge >= 0.3 is 0 Å². The Morgan fingerprint density at radius 2 is 2.36 bits per heavy atom. The summed E-state index contributed by atoms with van der Waals surface area (Å²) in [5, 5.41) is 11.4. The second kappa shape index (κ2) is 3.88. The second-order valence-electron chi connectivity index (χ2n) is 2.79. The molecule has 2 heteroatoms.